The fourth-order valence-corrected chi connectivity index (χ4v) is 3.07. The summed E-state index contributed by atoms with van der Waals surface area (Å²) in [7, 11) is 0. The van der Waals surface area contributed by atoms with Crippen molar-refractivity contribution in [1.29, 1.82) is 0 Å². The van der Waals surface area contributed by atoms with Crippen molar-refractivity contribution in [3.63, 3.8) is 0 Å². The van der Waals surface area contributed by atoms with Gasteiger partial charge in [0, 0.05) is 0 Å². The lowest BCUT2D eigenvalue weighted by Gasteiger charge is -2.21. The molecule has 0 atom stereocenters. The van der Waals surface area contributed by atoms with E-state index in [9.17, 15) is 4.79 Å². The largest absolute Gasteiger partial charge is 0.286 e. The van der Waals surface area contributed by atoms with Crippen molar-refractivity contribution < 1.29 is 0 Å². The number of hydrogen-bond donors (Lipinski definition) is 0. The molecule has 25 heavy (non-hydrogen) atoms. The van der Waals surface area contributed by atoms with Crippen molar-refractivity contribution >= 4 is 11.6 Å². The maximum atomic E-state index is 12.4. The van der Waals surface area contributed by atoms with Crippen LogP contribution in [0.15, 0.2) is 35.3 Å². The Bertz CT molecular complexity index is 742. The molecule has 0 unspecified atom stereocenters. The van der Waals surface area contributed by atoms with Crippen molar-refractivity contribution in [2.45, 2.75) is 71.8 Å². The third kappa shape index (κ3) is 5.43. The number of benzene rings is 1. The molecule has 0 saturated heterocycles. The number of nitrogens with zero attached hydrogens (tertiary/aromatic N) is 2. The fourth-order valence-electron chi connectivity index (χ4n) is 2.85. The van der Waals surface area contributed by atoms with Gasteiger partial charge < -0.3 is 0 Å². The molecule has 4 heteroatoms. The first-order valence-electron chi connectivity index (χ1n) is 9.18. The van der Waals surface area contributed by atoms with Gasteiger partial charge >= 0.3 is 0 Å². The molecule has 2 rings (SSSR count). The van der Waals surface area contributed by atoms with E-state index in [0.717, 1.165) is 24.8 Å². The minimum absolute atomic E-state index is 0.210. The summed E-state index contributed by atoms with van der Waals surface area (Å²) < 4.78 is 1.45. The van der Waals surface area contributed by atoms with Crippen LogP contribution >= 0.6 is 11.6 Å². The topological polar surface area (TPSA) is 34.9 Å². The molecular formula is C21H29ClN2O. The van der Waals surface area contributed by atoms with E-state index in [1.165, 1.54) is 35.1 Å². The van der Waals surface area contributed by atoms with E-state index in [1.807, 2.05) is 20.8 Å². The van der Waals surface area contributed by atoms with Crippen molar-refractivity contribution in [1.82, 2.24) is 9.78 Å². The number of halogens is 1. The van der Waals surface area contributed by atoms with Crippen LogP contribution in [0.1, 0.15) is 63.6 Å². The average molecular weight is 361 g/mol. The van der Waals surface area contributed by atoms with Crippen LogP contribution < -0.4 is 5.56 Å². The van der Waals surface area contributed by atoms with E-state index in [4.69, 9.17) is 11.6 Å². The van der Waals surface area contributed by atoms with Crippen molar-refractivity contribution in [3.8, 4) is 0 Å². The van der Waals surface area contributed by atoms with Crippen molar-refractivity contribution in [2.75, 3.05) is 0 Å². The van der Waals surface area contributed by atoms with Gasteiger partial charge in [0.2, 0.25) is 0 Å². The number of aromatic nitrogens is 2. The lowest BCUT2D eigenvalue weighted by atomic mass is 10.0. The molecule has 0 aliphatic rings. The van der Waals surface area contributed by atoms with E-state index in [-0.39, 0.29) is 11.1 Å². The number of unbranched alkanes of at least 4 members (excludes halogenated alkanes) is 2. The highest BCUT2D eigenvalue weighted by molar-refractivity contribution is 6.31. The van der Waals surface area contributed by atoms with E-state index in [1.54, 1.807) is 6.20 Å². The van der Waals surface area contributed by atoms with Gasteiger partial charge in [0.25, 0.3) is 5.56 Å². The van der Waals surface area contributed by atoms with Gasteiger partial charge in [-0.1, -0.05) is 55.6 Å². The maximum Gasteiger partial charge on any atom is 0.286 e. The van der Waals surface area contributed by atoms with Gasteiger partial charge in [-0.15, -0.1) is 0 Å². The highest BCUT2D eigenvalue weighted by Gasteiger charge is 2.19. The van der Waals surface area contributed by atoms with Gasteiger partial charge in [-0.05, 0) is 63.1 Å². The third-order valence-electron chi connectivity index (χ3n) is 4.40. The Morgan fingerprint density at radius 3 is 2.16 bits per heavy atom. The zero-order chi connectivity index (χ0) is 18.4. The third-order valence-corrected chi connectivity index (χ3v) is 4.81. The predicted molar refractivity (Wildman–Crippen MR) is 106 cm³/mol. The number of hydrogen-bond acceptors (Lipinski definition) is 2. The van der Waals surface area contributed by atoms with Crippen LogP contribution in [0.25, 0.3) is 0 Å². The standard InChI is InChI=1S/C21H29ClN2O/c1-5-6-7-8-16-9-11-17(12-10-16)13-14-18-15-23-24(21(2,3)4)20(25)19(18)22/h9-12,15H,5-8,13-14H2,1-4H3. The lowest BCUT2D eigenvalue weighted by Crippen LogP contribution is -2.36. The Balaban J connectivity index is 2.02. The van der Waals surface area contributed by atoms with Crippen LogP contribution in [0.5, 0.6) is 0 Å². The Hall–Kier alpha value is -1.61. The first kappa shape index (κ1) is 19.7. The highest BCUT2D eigenvalue weighted by atomic mass is 35.5. The normalized spacial score (nSPS) is 11.7. The van der Waals surface area contributed by atoms with Gasteiger partial charge in [0.1, 0.15) is 5.02 Å². The van der Waals surface area contributed by atoms with Crippen LogP contribution in [-0.2, 0) is 24.8 Å². The molecule has 0 radical (unpaired) electrons. The Kier molecular flexibility index (Phi) is 6.83. The second kappa shape index (κ2) is 8.66. The van der Waals surface area contributed by atoms with Crippen molar-refractivity contribution in [2.24, 2.45) is 0 Å². The molecule has 0 spiro atoms. The summed E-state index contributed by atoms with van der Waals surface area (Å²) >= 11 is 6.29. The second-order valence-electron chi connectivity index (χ2n) is 7.65. The summed E-state index contributed by atoms with van der Waals surface area (Å²) in [5.74, 6) is 0. The number of rotatable bonds is 7. The molecule has 136 valence electrons. The van der Waals surface area contributed by atoms with Gasteiger partial charge in [-0.3, -0.25) is 4.79 Å². The minimum atomic E-state index is -0.368. The molecule has 0 aliphatic heterocycles. The van der Waals surface area contributed by atoms with E-state index >= 15 is 0 Å². The molecule has 0 N–H and O–H groups in total. The molecule has 0 amide bonds. The Labute approximate surface area is 156 Å². The van der Waals surface area contributed by atoms with Gasteiger partial charge in [0.05, 0.1) is 11.7 Å². The van der Waals surface area contributed by atoms with Gasteiger partial charge in [-0.25, -0.2) is 4.68 Å². The zero-order valence-electron chi connectivity index (χ0n) is 15.8. The van der Waals surface area contributed by atoms with Crippen LogP contribution in [0.2, 0.25) is 5.02 Å². The molecule has 0 bridgehead atoms. The Morgan fingerprint density at radius 2 is 1.60 bits per heavy atom. The first-order valence-corrected chi connectivity index (χ1v) is 9.55. The summed E-state index contributed by atoms with van der Waals surface area (Å²) in [5.41, 5.74) is 2.89. The first-order chi connectivity index (χ1) is 11.8. The Morgan fingerprint density at radius 1 is 1.00 bits per heavy atom. The molecule has 1 heterocycles. The highest BCUT2D eigenvalue weighted by Crippen LogP contribution is 2.17. The van der Waals surface area contributed by atoms with Crippen LogP contribution in [0.4, 0.5) is 0 Å². The average Bonchev–Trinajstić information content (AvgIpc) is 2.56. The number of aryl methyl sites for hydroxylation is 3. The molecule has 0 fully saturated rings. The molecule has 2 aromatic rings. The summed E-state index contributed by atoms with van der Waals surface area (Å²) in [4.78, 5) is 12.4. The monoisotopic (exact) mass is 360 g/mol. The van der Waals surface area contributed by atoms with E-state index in [0.29, 0.717) is 5.02 Å². The molecule has 1 aromatic carbocycles. The smallest absolute Gasteiger partial charge is 0.266 e. The fraction of sp³-hybridized carbons (Fsp3) is 0.524. The van der Waals surface area contributed by atoms with Crippen molar-refractivity contribution in [3.05, 3.63) is 62.5 Å². The molecular weight excluding hydrogens is 332 g/mol. The van der Waals surface area contributed by atoms with Gasteiger partial charge in [-0.2, -0.15) is 5.10 Å². The quantitative estimate of drug-likeness (QED) is 0.638. The minimum Gasteiger partial charge on any atom is -0.266 e. The SMILES string of the molecule is CCCCCc1ccc(CCc2cnn(C(C)(C)C)c(=O)c2Cl)cc1. The van der Waals surface area contributed by atoms with E-state index < -0.39 is 0 Å². The van der Waals surface area contributed by atoms with E-state index in [2.05, 4.69) is 36.3 Å². The summed E-state index contributed by atoms with van der Waals surface area (Å²) in [6.45, 7) is 8.06. The molecule has 1 aromatic heterocycles. The summed E-state index contributed by atoms with van der Waals surface area (Å²) in [6.07, 6.45) is 8.25. The molecule has 3 nitrogen and oxygen atoms in total. The van der Waals surface area contributed by atoms with Crippen LogP contribution in [-0.4, -0.2) is 9.78 Å². The second-order valence-corrected chi connectivity index (χ2v) is 8.02. The summed E-state index contributed by atoms with van der Waals surface area (Å²) in [6, 6.07) is 8.78. The molecule has 0 aliphatic carbocycles. The maximum absolute atomic E-state index is 12.4. The van der Waals surface area contributed by atoms with Gasteiger partial charge in [0.15, 0.2) is 0 Å². The lowest BCUT2D eigenvalue weighted by molar-refractivity contribution is 0.337. The molecule has 0 saturated carbocycles. The van der Waals surface area contributed by atoms with Crippen LogP contribution in [0.3, 0.4) is 0 Å². The predicted octanol–water partition coefficient (Wildman–Crippen LogP) is 5.17. The summed E-state index contributed by atoms with van der Waals surface area (Å²) in [5, 5.41) is 4.59. The van der Waals surface area contributed by atoms with Crippen LogP contribution in [0, 0.1) is 0 Å². The zero-order valence-corrected chi connectivity index (χ0v) is 16.6.